The van der Waals surface area contributed by atoms with Crippen molar-refractivity contribution >= 4 is 0 Å². The van der Waals surface area contributed by atoms with Crippen LogP contribution in [-0.2, 0) is 6.54 Å². The summed E-state index contributed by atoms with van der Waals surface area (Å²) in [5.41, 5.74) is 5.46. The van der Waals surface area contributed by atoms with E-state index in [0.29, 0.717) is 5.92 Å². The van der Waals surface area contributed by atoms with E-state index in [2.05, 4.69) is 79.2 Å². The Morgan fingerprint density at radius 3 is 2.22 bits per heavy atom. The molecular formula is C21H28N2. The summed E-state index contributed by atoms with van der Waals surface area (Å²) in [4.78, 5) is 4.96. The molecule has 1 heterocycles. The second-order valence-electron chi connectivity index (χ2n) is 7.06. The van der Waals surface area contributed by atoms with Crippen LogP contribution in [0.5, 0.6) is 0 Å². The molecule has 2 aromatic rings. The smallest absolute Gasteiger partial charge is 0.0235 e. The van der Waals surface area contributed by atoms with Gasteiger partial charge >= 0.3 is 0 Å². The molecule has 0 radical (unpaired) electrons. The third-order valence-corrected chi connectivity index (χ3v) is 4.84. The number of likely N-dealkylation sites (N-methyl/N-ethyl adjacent to an activating group) is 1. The summed E-state index contributed by atoms with van der Waals surface area (Å²) in [5.74, 6) is 0.590. The molecule has 0 aromatic heterocycles. The number of benzene rings is 2. The maximum Gasteiger partial charge on any atom is 0.0235 e. The third-order valence-electron chi connectivity index (χ3n) is 4.84. The summed E-state index contributed by atoms with van der Waals surface area (Å²) in [5, 5.41) is 0. The van der Waals surface area contributed by atoms with E-state index in [9.17, 15) is 0 Å². The van der Waals surface area contributed by atoms with Gasteiger partial charge < -0.3 is 4.90 Å². The standard InChI is InChI=1S/C21H28N2/c1-17(2)19-7-9-20(10-8-19)21-6-4-5-18(15-21)16-23-13-11-22(3)12-14-23/h4-10,15,17H,11-14,16H2,1-3H3. The lowest BCUT2D eigenvalue weighted by Gasteiger charge is -2.32. The van der Waals surface area contributed by atoms with E-state index in [1.54, 1.807) is 0 Å². The minimum Gasteiger partial charge on any atom is -0.304 e. The summed E-state index contributed by atoms with van der Waals surface area (Å²) in [6.07, 6.45) is 0. The van der Waals surface area contributed by atoms with Gasteiger partial charge in [0.25, 0.3) is 0 Å². The predicted molar refractivity (Wildman–Crippen MR) is 98.7 cm³/mol. The lowest BCUT2D eigenvalue weighted by Crippen LogP contribution is -2.43. The van der Waals surface area contributed by atoms with Crippen molar-refractivity contribution in [1.82, 2.24) is 9.80 Å². The first kappa shape index (κ1) is 16.2. The minimum atomic E-state index is 0.590. The van der Waals surface area contributed by atoms with Crippen LogP contribution in [0, 0.1) is 0 Å². The average molecular weight is 308 g/mol. The second kappa shape index (κ2) is 7.29. The molecule has 1 saturated heterocycles. The zero-order valence-electron chi connectivity index (χ0n) is 14.6. The topological polar surface area (TPSA) is 6.48 Å². The number of hydrogen-bond acceptors (Lipinski definition) is 2. The molecule has 1 fully saturated rings. The Balaban J connectivity index is 1.72. The van der Waals surface area contributed by atoms with E-state index >= 15 is 0 Å². The average Bonchev–Trinajstić information content (AvgIpc) is 2.57. The van der Waals surface area contributed by atoms with Gasteiger partial charge in [0.2, 0.25) is 0 Å². The van der Waals surface area contributed by atoms with Crippen molar-refractivity contribution in [2.75, 3.05) is 33.2 Å². The van der Waals surface area contributed by atoms with E-state index < -0.39 is 0 Å². The molecular weight excluding hydrogens is 280 g/mol. The van der Waals surface area contributed by atoms with Crippen LogP contribution in [0.2, 0.25) is 0 Å². The lowest BCUT2D eigenvalue weighted by atomic mass is 9.98. The monoisotopic (exact) mass is 308 g/mol. The van der Waals surface area contributed by atoms with Gasteiger partial charge in [-0.2, -0.15) is 0 Å². The Labute approximate surface area is 140 Å². The maximum absolute atomic E-state index is 2.56. The summed E-state index contributed by atoms with van der Waals surface area (Å²) in [6.45, 7) is 10.2. The number of rotatable bonds is 4. The van der Waals surface area contributed by atoms with Gasteiger partial charge in [0.15, 0.2) is 0 Å². The SMILES string of the molecule is CC(C)c1ccc(-c2cccc(CN3CCN(C)CC3)c2)cc1. The van der Waals surface area contributed by atoms with Crippen molar-refractivity contribution in [3.63, 3.8) is 0 Å². The molecule has 0 unspecified atom stereocenters. The molecule has 0 aliphatic carbocycles. The van der Waals surface area contributed by atoms with Crippen LogP contribution in [0.15, 0.2) is 48.5 Å². The molecule has 0 N–H and O–H groups in total. The normalized spacial score (nSPS) is 16.9. The molecule has 2 nitrogen and oxygen atoms in total. The fourth-order valence-corrected chi connectivity index (χ4v) is 3.17. The molecule has 122 valence electrons. The Kier molecular flexibility index (Phi) is 5.14. The van der Waals surface area contributed by atoms with Gasteiger partial charge in [-0.05, 0) is 41.3 Å². The van der Waals surface area contributed by atoms with Crippen molar-refractivity contribution < 1.29 is 0 Å². The van der Waals surface area contributed by atoms with Gasteiger partial charge in [-0.15, -0.1) is 0 Å². The molecule has 2 aromatic carbocycles. The van der Waals surface area contributed by atoms with Crippen LogP contribution >= 0.6 is 0 Å². The molecule has 1 aliphatic heterocycles. The zero-order chi connectivity index (χ0) is 16.2. The Morgan fingerprint density at radius 2 is 1.57 bits per heavy atom. The number of piperazine rings is 1. The number of hydrogen-bond donors (Lipinski definition) is 0. The first-order valence-electron chi connectivity index (χ1n) is 8.72. The van der Waals surface area contributed by atoms with E-state index in [0.717, 1.165) is 6.54 Å². The highest BCUT2D eigenvalue weighted by Gasteiger charge is 2.14. The Bertz CT molecular complexity index is 623. The summed E-state index contributed by atoms with van der Waals surface area (Å²) in [7, 11) is 2.21. The van der Waals surface area contributed by atoms with Gasteiger partial charge in [0.05, 0.1) is 0 Å². The molecule has 23 heavy (non-hydrogen) atoms. The van der Waals surface area contributed by atoms with E-state index in [-0.39, 0.29) is 0 Å². The fraction of sp³-hybridized carbons (Fsp3) is 0.429. The fourth-order valence-electron chi connectivity index (χ4n) is 3.17. The molecule has 0 saturated carbocycles. The van der Waals surface area contributed by atoms with Crippen molar-refractivity contribution in [2.24, 2.45) is 0 Å². The molecule has 0 bridgehead atoms. The highest BCUT2D eigenvalue weighted by atomic mass is 15.2. The van der Waals surface area contributed by atoms with E-state index in [1.807, 2.05) is 0 Å². The lowest BCUT2D eigenvalue weighted by molar-refractivity contribution is 0.148. The summed E-state index contributed by atoms with van der Waals surface area (Å²) >= 11 is 0. The van der Waals surface area contributed by atoms with Gasteiger partial charge in [-0.25, -0.2) is 0 Å². The Hall–Kier alpha value is -1.64. The predicted octanol–water partition coefficient (Wildman–Crippen LogP) is 4.22. The number of nitrogens with zero attached hydrogens (tertiary/aromatic N) is 2. The molecule has 2 heteroatoms. The zero-order valence-corrected chi connectivity index (χ0v) is 14.6. The van der Waals surface area contributed by atoms with Gasteiger partial charge in [-0.3, -0.25) is 4.90 Å². The van der Waals surface area contributed by atoms with Crippen LogP contribution < -0.4 is 0 Å². The van der Waals surface area contributed by atoms with Crippen LogP contribution in [0.3, 0.4) is 0 Å². The van der Waals surface area contributed by atoms with Gasteiger partial charge in [0.1, 0.15) is 0 Å². The molecule has 1 aliphatic rings. The van der Waals surface area contributed by atoms with Crippen molar-refractivity contribution in [3.8, 4) is 11.1 Å². The molecule has 0 atom stereocenters. The molecule has 0 spiro atoms. The third kappa shape index (κ3) is 4.21. The summed E-state index contributed by atoms with van der Waals surface area (Å²) in [6, 6.07) is 18.0. The molecule has 3 rings (SSSR count). The van der Waals surface area contributed by atoms with Crippen LogP contribution in [-0.4, -0.2) is 43.0 Å². The van der Waals surface area contributed by atoms with Gasteiger partial charge in [-0.1, -0.05) is 56.3 Å². The first-order chi connectivity index (χ1) is 11.1. The molecule has 0 amide bonds. The van der Waals surface area contributed by atoms with Crippen LogP contribution in [0.4, 0.5) is 0 Å². The highest BCUT2D eigenvalue weighted by Crippen LogP contribution is 2.24. The summed E-state index contributed by atoms with van der Waals surface area (Å²) < 4.78 is 0. The van der Waals surface area contributed by atoms with Crippen molar-refractivity contribution in [1.29, 1.82) is 0 Å². The maximum atomic E-state index is 2.56. The van der Waals surface area contributed by atoms with Gasteiger partial charge in [0, 0.05) is 32.7 Å². The Morgan fingerprint density at radius 1 is 0.870 bits per heavy atom. The van der Waals surface area contributed by atoms with Crippen LogP contribution in [0.1, 0.15) is 30.9 Å². The highest BCUT2D eigenvalue weighted by molar-refractivity contribution is 5.64. The first-order valence-corrected chi connectivity index (χ1v) is 8.72. The van der Waals surface area contributed by atoms with Crippen molar-refractivity contribution in [3.05, 3.63) is 59.7 Å². The van der Waals surface area contributed by atoms with Crippen LogP contribution in [0.25, 0.3) is 11.1 Å². The minimum absolute atomic E-state index is 0.590. The quantitative estimate of drug-likeness (QED) is 0.834. The van der Waals surface area contributed by atoms with E-state index in [1.165, 1.54) is 48.4 Å². The largest absolute Gasteiger partial charge is 0.304 e. The second-order valence-corrected chi connectivity index (χ2v) is 7.06. The van der Waals surface area contributed by atoms with Crippen molar-refractivity contribution in [2.45, 2.75) is 26.3 Å². The van der Waals surface area contributed by atoms with E-state index in [4.69, 9.17) is 0 Å².